The van der Waals surface area contributed by atoms with Crippen molar-refractivity contribution < 1.29 is 18.1 Å². The van der Waals surface area contributed by atoms with E-state index >= 15 is 0 Å². The van der Waals surface area contributed by atoms with Crippen molar-refractivity contribution in [1.29, 1.82) is 0 Å². The highest BCUT2D eigenvalue weighted by molar-refractivity contribution is 5.31. The van der Waals surface area contributed by atoms with Crippen LogP contribution < -0.4 is 4.90 Å². The van der Waals surface area contributed by atoms with E-state index in [1.54, 1.807) is 12.1 Å². The largest absolute Gasteiger partial charge is 0.462 e. The van der Waals surface area contributed by atoms with Crippen molar-refractivity contribution in [3.63, 3.8) is 0 Å². The van der Waals surface area contributed by atoms with Crippen LogP contribution in [0.2, 0.25) is 0 Å². The van der Waals surface area contributed by atoms with E-state index in [0.717, 1.165) is 30.4 Å². The Morgan fingerprint density at radius 2 is 1.94 bits per heavy atom. The molecule has 1 nitrogen and oxygen atoms in total. The number of halogens is 3. The first kappa shape index (κ1) is 11.5. The second-order valence-corrected chi connectivity index (χ2v) is 4.19. The highest BCUT2D eigenvalue weighted by atomic mass is 19.4. The van der Waals surface area contributed by atoms with Crippen LogP contribution in [0.3, 0.4) is 0 Å². The van der Waals surface area contributed by atoms with E-state index in [4.69, 9.17) is 0 Å². The van der Waals surface area contributed by atoms with Gasteiger partial charge in [0.2, 0.25) is 0 Å². The molecule has 1 saturated heterocycles. The van der Waals surface area contributed by atoms with E-state index in [9.17, 15) is 13.2 Å². The molecule has 0 radical (unpaired) electrons. The summed E-state index contributed by atoms with van der Waals surface area (Å²) in [4.78, 5) is 0.928. The number of rotatable bonds is 1. The lowest BCUT2D eigenvalue weighted by Crippen LogP contribution is -3.04. The maximum atomic E-state index is 12.8. The fraction of sp³-hybridized carbons (Fsp3) is 0.417. The van der Waals surface area contributed by atoms with Gasteiger partial charge in [-0.15, -0.1) is 0 Å². The van der Waals surface area contributed by atoms with Crippen molar-refractivity contribution in [3.05, 3.63) is 42.4 Å². The van der Waals surface area contributed by atoms with Gasteiger partial charge in [0, 0.05) is 18.4 Å². The van der Waals surface area contributed by atoms with Crippen molar-refractivity contribution in [1.82, 2.24) is 0 Å². The van der Waals surface area contributed by atoms with E-state index in [0.29, 0.717) is 5.56 Å². The van der Waals surface area contributed by atoms with E-state index in [-0.39, 0.29) is 6.04 Å². The molecular formula is C12H14F3N. The van der Waals surface area contributed by atoms with Crippen LogP contribution in [0.15, 0.2) is 24.3 Å². The molecule has 4 heteroatoms. The fourth-order valence-electron chi connectivity index (χ4n) is 2.35. The van der Waals surface area contributed by atoms with Crippen LogP contribution in [0, 0.1) is 7.05 Å². The molecule has 1 aromatic rings. The van der Waals surface area contributed by atoms with E-state index < -0.39 is 11.7 Å². The predicted molar refractivity (Wildman–Crippen MR) is 54.6 cm³/mol. The number of nitrogens with one attached hydrogen (secondary N) is 1. The number of benzene rings is 1. The van der Waals surface area contributed by atoms with Crippen LogP contribution >= 0.6 is 0 Å². The molecular weight excluding hydrogens is 215 g/mol. The standard InChI is InChI=1S/C12H14F3N/c1-16-8-4-7-11(16)9-5-2-3-6-10(9)12(13,14)15/h2-3,5-6,11,16H,1,4,7-8H2. The Kier molecular flexibility index (Phi) is 2.93. The zero-order valence-corrected chi connectivity index (χ0v) is 8.85. The average molecular weight is 229 g/mol. The first-order chi connectivity index (χ1) is 7.50. The summed E-state index contributed by atoms with van der Waals surface area (Å²) in [5, 5.41) is 0. The molecule has 0 aromatic heterocycles. The third-order valence-corrected chi connectivity index (χ3v) is 3.13. The first-order valence-electron chi connectivity index (χ1n) is 5.34. The molecule has 16 heavy (non-hydrogen) atoms. The Morgan fingerprint density at radius 1 is 1.25 bits per heavy atom. The van der Waals surface area contributed by atoms with Gasteiger partial charge < -0.3 is 4.90 Å². The van der Waals surface area contributed by atoms with Crippen molar-refractivity contribution in [2.24, 2.45) is 0 Å². The minimum atomic E-state index is -4.26. The highest BCUT2D eigenvalue weighted by Gasteiger charge is 2.37. The molecule has 0 saturated carbocycles. The van der Waals surface area contributed by atoms with Crippen LogP contribution in [-0.2, 0) is 6.18 Å². The lowest BCUT2D eigenvalue weighted by atomic mass is 9.98. The Balaban J connectivity index is 2.40. The Morgan fingerprint density at radius 3 is 2.50 bits per heavy atom. The zero-order valence-electron chi connectivity index (χ0n) is 8.85. The van der Waals surface area contributed by atoms with Gasteiger partial charge in [0.1, 0.15) is 0 Å². The van der Waals surface area contributed by atoms with Gasteiger partial charge in [0.25, 0.3) is 0 Å². The van der Waals surface area contributed by atoms with Crippen LogP contribution in [0.5, 0.6) is 0 Å². The second kappa shape index (κ2) is 4.09. The first-order valence-corrected chi connectivity index (χ1v) is 5.34. The van der Waals surface area contributed by atoms with Crippen molar-refractivity contribution in [3.8, 4) is 0 Å². The Bertz CT molecular complexity index is 373. The number of hydrogen-bond acceptors (Lipinski definition) is 0. The quantitative estimate of drug-likeness (QED) is 0.704. The molecule has 0 amide bonds. The van der Waals surface area contributed by atoms with Crippen molar-refractivity contribution in [2.75, 3.05) is 6.54 Å². The second-order valence-electron chi connectivity index (χ2n) is 4.19. The summed E-state index contributed by atoms with van der Waals surface area (Å²) in [5.41, 5.74) is -0.124. The summed E-state index contributed by atoms with van der Waals surface area (Å²) in [6, 6.07) is 5.71. The molecule has 1 heterocycles. The SMILES string of the molecule is [CH2-][NH+]1CCCC1c1ccccc1C(F)(F)F. The number of quaternary nitrogens is 1. The monoisotopic (exact) mass is 229 g/mol. The molecule has 1 aliphatic rings. The van der Waals surface area contributed by atoms with Crippen LogP contribution in [0.1, 0.15) is 30.0 Å². The smallest absolute Gasteiger partial charge is 0.416 e. The van der Waals surface area contributed by atoms with Gasteiger partial charge >= 0.3 is 6.18 Å². The minimum absolute atomic E-state index is 0.113. The normalized spacial score (nSPS) is 26.0. The Hall–Kier alpha value is -1.03. The summed E-state index contributed by atoms with van der Waals surface area (Å²) in [6.45, 7) is 0.844. The molecule has 2 rings (SSSR count). The minimum Gasteiger partial charge on any atom is -0.462 e. The van der Waals surface area contributed by atoms with Crippen molar-refractivity contribution >= 4 is 0 Å². The molecule has 1 fully saturated rings. The molecule has 0 spiro atoms. The fourth-order valence-corrected chi connectivity index (χ4v) is 2.35. The van der Waals surface area contributed by atoms with Crippen LogP contribution in [0.25, 0.3) is 0 Å². The van der Waals surface area contributed by atoms with Gasteiger partial charge in [-0.05, 0) is 6.07 Å². The highest BCUT2D eigenvalue weighted by Crippen LogP contribution is 2.35. The molecule has 2 atom stereocenters. The summed E-state index contributed by atoms with van der Waals surface area (Å²) in [5.74, 6) is 0. The van der Waals surface area contributed by atoms with Gasteiger partial charge in [-0.1, -0.05) is 18.2 Å². The third-order valence-electron chi connectivity index (χ3n) is 3.13. The van der Waals surface area contributed by atoms with Crippen molar-refractivity contribution in [2.45, 2.75) is 25.1 Å². The Labute approximate surface area is 92.9 Å². The summed E-state index contributed by atoms with van der Waals surface area (Å²) in [7, 11) is 3.87. The third kappa shape index (κ3) is 2.07. The average Bonchev–Trinajstić information content (AvgIpc) is 2.63. The van der Waals surface area contributed by atoms with Gasteiger partial charge in [0.15, 0.2) is 0 Å². The van der Waals surface area contributed by atoms with Gasteiger partial charge in [0.05, 0.1) is 18.2 Å². The molecule has 1 aromatic carbocycles. The molecule has 1 N–H and O–H groups in total. The summed E-state index contributed by atoms with van der Waals surface area (Å²) >= 11 is 0. The van der Waals surface area contributed by atoms with Gasteiger partial charge in [-0.3, -0.25) is 0 Å². The maximum absolute atomic E-state index is 12.8. The van der Waals surface area contributed by atoms with Gasteiger partial charge in [-0.25, -0.2) is 0 Å². The molecule has 88 valence electrons. The molecule has 1 aliphatic heterocycles. The molecule has 0 aliphatic carbocycles. The number of likely N-dealkylation sites (tertiary alicyclic amines) is 1. The van der Waals surface area contributed by atoms with Crippen LogP contribution in [-0.4, -0.2) is 6.54 Å². The summed E-state index contributed by atoms with van der Waals surface area (Å²) in [6.07, 6.45) is -2.54. The van der Waals surface area contributed by atoms with E-state index in [1.165, 1.54) is 6.07 Å². The zero-order chi connectivity index (χ0) is 11.8. The van der Waals surface area contributed by atoms with Gasteiger partial charge in [-0.2, -0.15) is 20.2 Å². The van der Waals surface area contributed by atoms with E-state index in [2.05, 4.69) is 7.05 Å². The number of alkyl halides is 3. The summed E-state index contributed by atoms with van der Waals surface area (Å²) < 4.78 is 38.4. The number of hydrogen-bond donors (Lipinski definition) is 1. The lowest BCUT2D eigenvalue weighted by molar-refractivity contribution is -0.873. The topological polar surface area (TPSA) is 4.44 Å². The maximum Gasteiger partial charge on any atom is 0.416 e. The molecule has 0 bridgehead atoms. The van der Waals surface area contributed by atoms with E-state index in [1.807, 2.05) is 0 Å². The van der Waals surface area contributed by atoms with Crippen LogP contribution in [0.4, 0.5) is 13.2 Å². The lowest BCUT2D eigenvalue weighted by Gasteiger charge is -2.25. The predicted octanol–water partition coefficient (Wildman–Crippen LogP) is 2.22. The molecule has 2 unspecified atom stereocenters.